The molecule has 0 unspecified atom stereocenters. The first-order valence-electron chi connectivity index (χ1n) is 8.60. The van der Waals surface area contributed by atoms with Crippen molar-refractivity contribution < 1.29 is 41.0 Å². The van der Waals surface area contributed by atoms with Crippen molar-refractivity contribution in [2.75, 3.05) is 32.6 Å². The monoisotopic (exact) mass is 498 g/mol. The maximum Gasteiger partial charge on any atom is 0.446 e. The SMILES string of the molecule is COCN(C(=O)c1cccc(F)c1Cl)C(=O)N(COC)c1ccc(SC(F)(F)F)cc1F. The van der Waals surface area contributed by atoms with Gasteiger partial charge in [-0.05, 0) is 42.1 Å². The van der Waals surface area contributed by atoms with E-state index in [2.05, 4.69) is 0 Å². The van der Waals surface area contributed by atoms with Crippen molar-refractivity contribution in [2.24, 2.45) is 0 Å². The van der Waals surface area contributed by atoms with Gasteiger partial charge in [-0.15, -0.1) is 0 Å². The van der Waals surface area contributed by atoms with Gasteiger partial charge in [0.05, 0.1) is 16.3 Å². The number of hydrogen-bond donors (Lipinski definition) is 0. The van der Waals surface area contributed by atoms with Crippen molar-refractivity contribution in [1.82, 2.24) is 4.90 Å². The molecule has 0 heterocycles. The second-order valence-corrected chi connectivity index (χ2v) is 7.56. The first-order chi connectivity index (χ1) is 15.0. The number of carbonyl (C=O) groups is 2. The number of alkyl halides is 3. The summed E-state index contributed by atoms with van der Waals surface area (Å²) in [5.41, 5.74) is -5.45. The zero-order chi connectivity index (χ0) is 24.1. The van der Waals surface area contributed by atoms with Crippen molar-refractivity contribution in [3.8, 4) is 0 Å². The molecule has 0 N–H and O–H groups in total. The van der Waals surface area contributed by atoms with Gasteiger partial charge < -0.3 is 9.47 Å². The lowest BCUT2D eigenvalue weighted by Crippen LogP contribution is -2.48. The number of hydrogen-bond acceptors (Lipinski definition) is 5. The molecule has 0 aromatic heterocycles. The molecule has 0 aliphatic heterocycles. The molecule has 0 spiro atoms. The maximum absolute atomic E-state index is 14.6. The number of halogens is 6. The molecule has 32 heavy (non-hydrogen) atoms. The van der Waals surface area contributed by atoms with Crippen LogP contribution in [0.5, 0.6) is 0 Å². The Labute approximate surface area is 188 Å². The minimum Gasteiger partial charge on any atom is -0.364 e. The van der Waals surface area contributed by atoms with Gasteiger partial charge in [-0.3, -0.25) is 9.69 Å². The molecule has 0 radical (unpaired) electrons. The van der Waals surface area contributed by atoms with Gasteiger partial charge in [-0.25, -0.2) is 18.5 Å². The highest BCUT2D eigenvalue weighted by atomic mass is 35.5. The molecule has 2 aromatic carbocycles. The molecule has 6 nitrogen and oxygen atoms in total. The Hall–Kier alpha value is -2.41. The van der Waals surface area contributed by atoms with Crippen LogP contribution in [0.1, 0.15) is 10.4 Å². The number of thioether (sulfide) groups is 1. The van der Waals surface area contributed by atoms with Crippen molar-refractivity contribution in [3.05, 3.63) is 58.6 Å². The molecule has 0 bridgehead atoms. The van der Waals surface area contributed by atoms with Crippen LogP contribution in [0, 0.1) is 11.6 Å². The Kier molecular flexibility index (Phi) is 8.84. The third-order valence-electron chi connectivity index (χ3n) is 3.85. The fourth-order valence-corrected chi connectivity index (χ4v) is 3.32. The molecule has 0 aliphatic rings. The quantitative estimate of drug-likeness (QED) is 0.286. The molecule has 13 heteroatoms. The molecule has 3 amide bonds. The van der Waals surface area contributed by atoms with E-state index in [1.165, 1.54) is 26.4 Å². The van der Waals surface area contributed by atoms with Crippen LogP contribution in [0.3, 0.4) is 0 Å². The summed E-state index contributed by atoms with van der Waals surface area (Å²) in [7, 11) is 2.35. The normalized spacial score (nSPS) is 11.4. The van der Waals surface area contributed by atoms with Crippen molar-refractivity contribution in [2.45, 2.75) is 10.4 Å². The minimum absolute atomic E-state index is 0.355. The van der Waals surface area contributed by atoms with Crippen molar-refractivity contribution in [3.63, 3.8) is 0 Å². The van der Waals surface area contributed by atoms with Gasteiger partial charge >= 0.3 is 11.5 Å². The first kappa shape index (κ1) is 25.8. The van der Waals surface area contributed by atoms with E-state index in [4.69, 9.17) is 21.1 Å². The number of anilines is 1. The van der Waals surface area contributed by atoms with Gasteiger partial charge in [-0.2, -0.15) is 13.2 Å². The van der Waals surface area contributed by atoms with Crippen molar-refractivity contribution >= 4 is 41.0 Å². The maximum atomic E-state index is 14.6. The standard InChI is InChI=1S/C19H16ClF5N2O4S/c1-30-9-26(15-7-6-11(8-14(15)22)32-19(23,24)25)18(29)27(10-31-2)17(28)12-4-3-5-13(21)16(12)20/h3-8H,9-10H2,1-2H3. The zero-order valence-corrected chi connectivity index (χ0v) is 18.2. The van der Waals surface area contributed by atoms with Gasteiger partial charge in [-0.1, -0.05) is 17.7 Å². The summed E-state index contributed by atoms with van der Waals surface area (Å²) in [6, 6.07) is 4.73. The number of ether oxygens (including phenoxy) is 2. The second kappa shape index (κ2) is 10.9. The fraction of sp³-hybridized carbons (Fsp3) is 0.263. The van der Waals surface area contributed by atoms with Gasteiger partial charge in [0.25, 0.3) is 5.91 Å². The van der Waals surface area contributed by atoms with Gasteiger partial charge in [0, 0.05) is 19.1 Å². The summed E-state index contributed by atoms with van der Waals surface area (Å²) in [6.07, 6.45) is 0. The van der Waals surface area contributed by atoms with E-state index in [1.54, 1.807) is 0 Å². The van der Waals surface area contributed by atoms with E-state index in [1.807, 2.05) is 0 Å². The van der Waals surface area contributed by atoms with Crippen LogP contribution < -0.4 is 4.90 Å². The molecule has 0 aliphatic carbocycles. The molecule has 2 aromatic rings. The molecule has 174 valence electrons. The molecule has 2 rings (SSSR count). The van der Waals surface area contributed by atoms with Gasteiger partial charge in [0.15, 0.2) is 0 Å². The summed E-state index contributed by atoms with van der Waals surface area (Å²) in [5, 5.41) is -0.538. The highest BCUT2D eigenvalue weighted by molar-refractivity contribution is 8.00. The number of imide groups is 1. The van der Waals surface area contributed by atoms with E-state index in [0.29, 0.717) is 15.9 Å². The molecule has 0 fully saturated rings. The molecule has 0 saturated carbocycles. The van der Waals surface area contributed by atoms with Crippen LogP contribution in [0.2, 0.25) is 5.02 Å². The second-order valence-electron chi connectivity index (χ2n) is 6.04. The lowest BCUT2D eigenvalue weighted by molar-refractivity contribution is -0.0328. The van der Waals surface area contributed by atoms with Crippen LogP contribution in [0.15, 0.2) is 41.3 Å². The third-order valence-corrected chi connectivity index (χ3v) is 4.95. The number of amides is 3. The predicted molar refractivity (Wildman–Crippen MR) is 108 cm³/mol. The molecular weight excluding hydrogens is 483 g/mol. The van der Waals surface area contributed by atoms with Crippen LogP contribution in [-0.2, 0) is 9.47 Å². The van der Waals surface area contributed by atoms with E-state index in [-0.39, 0.29) is 5.56 Å². The summed E-state index contributed by atoms with van der Waals surface area (Å²) in [4.78, 5) is 26.7. The van der Waals surface area contributed by atoms with Crippen LogP contribution in [0.4, 0.5) is 32.4 Å². The van der Waals surface area contributed by atoms with Crippen molar-refractivity contribution in [1.29, 1.82) is 0 Å². The molecular formula is C19H16ClF5N2O4S. The van der Waals surface area contributed by atoms with Crippen LogP contribution in [0.25, 0.3) is 0 Å². The Morgan fingerprint density at radius 3 is 2.25 bits per heavy atom. The average Bonchev–Trinajstić information content (AvgIpc) is 2.71. The Bertz CT molecular complexity index is 993. The summed E-state index contributed by atoms with van der Waals surface area (Å²) < 4.78 is 75.8. The highest BCUT2D eigenvalue weighted by Gasteiger charge is 2.33. The predicted octanol–water partition coefficient (Wildman–Crippen LogP) is 5.51. The fourth-order valence-electron chi connectivity index (χ4n) is 2.55. The topological polar surface area (TPSA) is 59.1 Å². The van der Waals surface area contributed by atoms with E-state index in [9.17, 15) is 31.5 Å². The average molecular weight is 499 g/mol. The van der Waals surface area contributed by atoms with E-state index in [0.717, 1.165) is 18.2 Å². The number of nitrogens with zero attached hydrogens (tertiary/aromatic N) is 2. The van der Waals surface area contributed by atoms with E-state index < -0.39 is 69.9 Å². The number of carbonyl (C=O) groups excluding carboxylic acids is 2. The van der Waals surface area contributed by atoms with Crippen LogP contribution >= 0.6 is 23.4 Å². The summed E-state index contributed by atoms with van der Waals surface area (Å²) in [6.45, 7) is -1.18. The number of benzene rings is 2. The Morgan fingerprint density at radius 2 is 1.69 bits per heavy atom. The molecule has 0 atom stereocenters. The molecule has 0 saturated heterocycles. The van der Waals surface area contributed by atoms with Gasteiger partial charge in [0.1, 0.15) is 25.1 Å². The van der Waals surface area contributed by atoms with Gasteiger partial charge in [0.2, 0.25) is 0 Å². The minimum atomic E-state index is -4.64. The third kappa shape index (κ3) is 6.31. The van der Waals surface area contributed by atoms with E-state index >= 15 is 0 Å². The number of urea groups is 1. The van der Waals surface area contributed by atoms with Crippen LogP contribution in [-0.4, -0.2) is 50.0 Å². The number of methoxy groups -OCH3 is 2. The summed E-state index contributed by atoms with van der Waals surface area (Å²) >= 11 is 5.29. The largest absolute Gasteiger partial charge is 0.446 e. The zero-order valence-electron chi connectivity index (χ0n) is 16.6. The lowest BCUT2D eigenvalue weighted by Gasteiger charge is -2.29. The Balaban J connectivity index is 2.43. The lowest BCUT2D eigenvalue weighted by atomic mass is 10.2. The summed E-state index contributed by atoms with van der Waals surface area (Å²) in [5.74, 6) is -3.12. The number of rotatable bonds is 7. The Morgan fingerprint density at radius 1 is 1.03 bits per heavy atom. The first-order valence-corrected chi connectivity index (χ1v) is 9.80. The highest BCUT2D eigenvalue weighted by Crippen LogP contribution is 2.38. The smallest absolute Gasteiger partial charge is 0.364 e.